The molecule has 0 aromatic heterocycles. The minimum absolute atomic E-state index is 0.0188. The number of aliphatic carboxylic acids is 1. The molecule has 2 rings (SSSR count). The van der Waals surface area contributed by atoms with Crippen LogP contribution in [0.4, 0.5) is 58.8 Å². The van der Waals surface area contributed by atoms with Gasteiger partial charge in [-0.3, -0.25) is 0 Å². The van der Waals surface area contributed by atoms with E-state index in [1.807, 2.05) is 5.32 Å². The first-order valence-electron chi connectivity index (χ1n) is 12.8. The number of halogens is 11. The van der Waals surface area contributed by atoms with Crippen molar-refractivity contribution >= 4 is 17.7 Å². The molecule has 0 fully saturated rings. The number of amides is 2. The summed E-state index contributed by atoms with van der Waals surface area (Å²) in [6, 6.07) is 9.26. The summed E-state index contributed by atoms with van der Waals surface area (Å²) in [6.45, 7) is -1.46. The number of hydrogen-bond acceptors (Lipinski definition) is 4. The third kappa shape index (κ3) is 8.46. The van der Waals surface area contributed by atoms with E-state index in [2.05, 4.69) is 0 Å². The summed E-state index contributed by atoms with van der Waals surface area (Å²) in [7, 11) is 0. The SMILES string of the molecule is CCOC(Cc1ccc(OCCN(CC(F)(F)C(F)(F)C(F)(F)C(F)(F)C(F)(F)F)C(=O)Nc2ccccc2C)cc1)C(=O)O. The van der Waals surface area contributed by atoms with Crippen LogP contribution in [0.25, 0.3) is 0 Å². The van der Waals surface area contributed by atoms with Crippen LogP contribution in [0.1, 0.15) is 18.1 Å². The van der Waals surface area contributed by atoms with Gasteiger partial charge in [0.2, 0.25) is 0 Å². The van der Waals surface area contributed by atoms with Gasteiger partial charge in [-0.2, -0.15) is 48.3 Å². The van der Waals surface area contributed by atoms with Crippen LogP contribution in [0.5, 0.6) is 5.75 Å². The number of para-hydroxylation sites is 1. The van der Waals surface area contributed by atoms with E-state index >= 15 is 0 Å². The Bertz CT molecular complexity index is 1300. The largest absolute Gasteiger partial charge is 0.492 e. The molecule has 2 aromatic carbocycles. The van der Waals surface area contributed by atoms with Gasteiger partial charge in [-0.05, 0) is 43.2 Å². The Morgan fingerprint density at radius 3 is 1.96 bits per heavy atom. The Labute approximate surface area is 248 Å². The summed E-state index contributed by atoms with van der Waals surface area (Å²) in [5, 5.41) is 11.2. The van der Waals surface area contributed by atoms with Crippen LogP contribution in [-0.4, -0.2) is 84.3 Å². The molecular weight excluding hydrogens is 641 g/mol. The summed E-state index contributed by atoms with van der Waals surface area (Å²) in [5.41, 5.74) is 0.727. The normalized spacial score (nSPS) is 13.7. The molecule has 2 amide bonds. The molecule has 0 heterocycles. The van der Waals surface area contributed by atoms with Crippen LogP contribution in [0.2, 0.25) is 0 Å². The molecule has 0 saturated carbocycles. The van der Waals surface area contributed by atoms with Gasteiger partial charge in [0.15, 0.2) is 6.10 Å². The fourth-order valence-electron chi connectivity index (χ4n) is 3.73. The number of aryl methyl sites for hydroxylation is 1. The van der Waals surface area contributed by atoms with Crippen LogP contribution in [-0.2, 0) is 16.0 Å². The second-order valence-electron chi connectivity index (χ2n) is 9.57. The molecule has 7 nitrogen and oxygen atoms in total. The molecule has 18 heteroatoms. The first-order valence-corrected chi connectivity index (χ1v) is 12.8. The van der Waals surface area contributed by atoms with Gasteiger partial charge in [0.25, 0.3) is 0 Å². The number of benzene rings is 2. The van der Waals surface area contributed by atoms with Crippen molar-refractivity contribution in [2.24, 2.45) is 0 Å². The van der Waals surface area contributed by atoms with Crippen LogP contribution in [0.3, 0.4) is 0 Å². The van der Waals surface area contributed by atoms with Crippen LogP contribution >= 0.6 is 0 Å². The molecule has 2 aromatic rings. The lowest BCUT2D eigenvalue weighted by atomic mass is 9.97. The lowest BCUT2D eigenvalue weighted by Gasteiger charge is -2.38. The fraction of sp³-hybridized carbons (Fsp3) is 0.481. The number of anilines is 1. The monoisotopic (exact) mass is 668 g/mol. The number of hydrogen-bond donors (Lipinski definition) is 2. The first kappa shape index (κ1) is 37.4. The van der Waals surface area contributed by atoms with Crippen molar-refractivity contribution in [3.63, 3.8) is 0 Å². The van der Waals surface area contributed by atoms with Gasteiger partial charge in [0, 0.05) is 18.7 Å². The average molecular weight is 668 g/mol. The van der Waals surface area contributed by atoms with Crippen molar-refractivity contribution in [3.8, 4) is 5.75 Å². The van der Waals surface area contributed by atoms with Gasteiger partial charge in [-0.15, -0.1) is 0 Å². The maximum absolute atomic E-state index is 14.6. The molecule has 0 aliphatic carbocycles. The predicted octanol–water partition coefficient (Wildman–Crippen LogP) is 7.04. The van der Waals surface area contributed by atoms with Crippen LogP contribution < -0.4 is 10.1 Å². The van der Waals surface area contributed by atoms with E-state index in [0.29, 0.717) is 11.1 Å². The second kappa shape index (κ2) is 14.1. The molecule has 0 bridgehead atoms. The summed E-state index contributed by atoms with van der Waals surface area (Å²) in [5.74, 6) is -30.1. The van der Waals surface area contributed by atoms with E-state index in [9.17, 15) is 63.0 Å². The number of rotatable bonds is 15. The molecule has 1 unspecified atom stereocenters. The third-order valence-electron chi connectivity index (χ3n) is 6.29. The Balaban J connectivity index is 2.29. The van der Waals surface area contributed by atoms with Gasteiger partial charge >= 0.3 is 41.9 Å². The number of nitrogens with one attached hydrogen (secondary N) is 1. The molecule has 45 heavy (non-hydrogen) atoms. The van der Waals surface area contributed by atoms with Crippen molar-refractivity contribution < 1.29 is 72.5 Å². The summed E-state index contributed by atoms with van der Waals surface area (Å²) in [6.07, 6.45) is -8.55. The van der Waals surface area contributed by atoms with E-state index in [1.54, 1.807) is 6.92 Å². The Hall–Kier alpha value is -3.83. The number of carboxylic acid groups (broad SMARTS) is 1. The Kier molecular flexibility index (Phi) is 11.7. The molecule has 0 radical (unpaired) electrons. The molecule has 0 aliphatic rings. The Morgan fingerprint density at radius 2 is 1.44 bits per heavy atom. The number of carbonyl (C=O) groups is 2. The molecule has 1 atom stereocenters. The van der Waals surface area contributed by atoms with Crippen molar-refractivity contribution in [1.29, 1.82) is 0 Å². The van der Waals surface area contributed by atoms with Crippen molar-refractivity contribution in [3.05, 3.63) is 59.7 Å². The summed E-state index contributed by atoms with van der Waals surface area (Å²) < 4.78 is 160. The van der Waals surface area contributed by atoms with E-state index in [0.717, 1.165) is 0 Å². The van der Waals surface area contributed by atoms with Gasteiger partial charge in [0.1, 0.15) is 12.4 Å². The van der Waals surface area contributed by atoms with Gasteiger partial charge in [-0.25, -0.2) is 9.59 Å². The zero-order valence-electron chi connectivity index (χ0n) is 23.4. The average Bonchev–Trinajstić information content (AvgIpc) is 2.93. The number of carboxylic acids is 1. The highest BCUT2D eigenvalue weighted by molar-refractivity contribution is 5.90. The van der Waals surface area contributed by atoms with Crippen molar-refractivity contribution in [2.75, 3.05) is 31.6 Å². The number of alkyl halides is 11. The highest BCUT2D eigenvalue weighted by Crippen LogP contribution is 2.57. The van der Waals surface area contributed by atoms with Crippen LogP contribution in [0, 0.1) is 6.92 Å². The maximum Gasteiger partial charge on any atom is 0.460 e. The molecule has 0 saturated heterocycles. The minimum atomic E-state index is -7.63. The van der Waals surface area contributed by atoms with Gasteiger partial charge < -0.3 is 24.8 Å². The summed E-state index contributed by atoms with van der Waals surface area (Å²) in [4.78, 5) is 23.8. The lowest BCUT2D eigenvalue weighted by molar-refractivity contribution is -0.422. The zero-order chi connectivity index (χ0) is 34.4. The number of urea groups is 1. The highest BCUT2D eigenvalue weighted by atomic mass is 19.4. The smallest absolute Gasteiger partial charge is 0.460 e. The van der Waals surface area contributed by atoms with E-state index in [4.69, 9.17) is 9.47 Å². The number of nitrogens with zero attached hydrogens (tertiary/aromatic N) is 1. The Morgan fingerprint density at radius 1 is 0.867 bits per heavy atom. The molecular formula is C27H27F11N2O5. The molecule has 0 spiro atoms. The number of carbonyl (C=O) groups excluding carboxylic acids is 1. The topological polar surface area (TPSA) is 88.1 Å². The van der Waals surface area contributed by atoms with Crippen LogP contribution in [0.15, 0.2) is 48.5 Å². The van der Waals surface area contributed by atoms with Gasteiger partial charge in [0.05, 0.1) is 13.1 Å². The fourth-order valence-corrected chi connectivity index (χ4v) is 3.73. The van der Waals surface area contributed by atoms with E-state index in [1.165, 1.54) is 55.5 Å². The van der Waals surface area contributed by atoms with Crippen molar-refractivity contribution in [2.45, 2.75) is 56.2 Å². The van der Waals surface area contributed by atoms with E-state index in [-0.39, 0.29) is 29.4 Å². The van der Waals surface area contributed by atoms with Crippen molar-refractivity contribution in [1.82, 2.24) is 4.90 Å². The van der Waals surface area contributed by atoms with Gasteiger partial charge in [-0.1, -0.05) is 30.3 Å². The minimum Gasteiger partial charge on any atom is -0.492 e. The first-order chi connectivity index (χ1) is 20.6. The lowest BCUT2D eigenvalue weighted by Crippen LogP contribution is -2.68. The molecule has 0 aliphatic heterocycles. The third-order valence-corrected chi connectivity index (χ3v) is 6.29. The quantitative estimate of drug-likeness (QED) is 0.199. The second-order valence-corrected chi connectivity index (χ2v) is 9.57. The van der Waals surface area contributed by atoms with E-state index < -0.39 is 67.7 Å². The molecule has 2 N–H and O–H groups in total. The maximum atomic E-state index is 14.6. The molecule has 252 valence electrons. The number of ether oxygens (including phenoxy) is 2. The highest BCUT2D eigenvalue weighted by Gasteiger charge is 2.87. The zero-order valence-corrected chi connectivity index (χ0v) is 23.4. The summed E-state index contributed by atoms with van der Waals surface area (Å²) >= 11 is 0. The predicted molar refractivity (Wildman–Crippen MR) is 136 cm³/mol. The standard InChI is InChI=1S/C27H27F11N2O5/c1-3-44-20(21(41)42)14-17-8-10-18(11-9-17)45-13-12-40(22(43)39-19-7-5-4-6-16(19)2)15-23(28,29)24(30,31)25(32,33)26(34,35)27(36,37)38/h4-11,20H,3,12-15H2,1-2H3,(H,39,43)(H,41,42).